The fourth-order valence-electron chi connectivity index (χ4n) is 1.14. The number of carbonyl (C=O) groups is 1. The summed E-state index contributed by atoms with van der Waals surface area (Å²) in [6.45, 7) is 0. The van der Waals surface area contributed by atoms with Gasteiger partial charge in [-0.1, -0.05) is 0 Å². The van der Waals surface area contributed by atoms with Crippen molar-refractivity contribution in [1.82, 2.24) is 14.8 Å². The molecule has 0 amide bonds. The number of rotatable bonds is 2. The Labute approximate surface area is 83.8 Å². The molecule has 2 rings (SSSR count). The molecule has 0 saturated heterocycles. The third kappa shape index (κ3) is 1.56. The molecule has 5 nitrogen and oxygen atoms in total. The topological polar surface area (TPSA) is 68.0 Å². The van der Waals surface area contributed by atoms with Gasteiger partial charge in [0.05, 0.1) is 18.1 Å². The smallest absolute Gasteiger partial charge is 0.342 e. The molecule has 2 aromatic heterocycles. The molecule has 0 aliphatic heterocycles. The number of carboxylic acid groups (broad SMARTS) is 1. The van der Waals surface area contributed by atoms with Crippen molar-refractivity contribution in [3.8, 4) is 5.69 Å². The molecule has 6 heteroatoms. The summed E-state index contributed by atoms with van der Waals surface area (Å²) in [7, 11) is 0. The number of pyridine rings is 1. The van der Waals surface area contributed by atoms with Crippen molar-refractivity contribution in [2.45, 2.75) is 0 Å². The second-order valence-electron chi connectivity index (χ2n) is 2.78. The first kappa shape index (κ1) is 9.32. The molecule has 15 heavy (non-hydrogen) atoms. The Hall–Kier alpha value is -2.24. The van der Waals surface area contributed by atoms with Gasteiger partial charge in [0.1, 0.15) is 5.56 Å². The summed E-state index contributed by atoms with van der Waals surface area (Å²) >= 11 is 0. The second kappa shape index (κ2) is 3.49. The van der Waals surface area contributed by atoms with E-state index in [4.69, 9.17) is 5.11 Å². The van der Waals surface area contributed by atoms with Gasteiger partial charge < -0.3 is 5.11 Å². The number of aromatic carboxylic acids is 1. The van der Waals surface area contributed by atoms with E-state index in [0.717, 1.165) is 10.9 Å². The quantitative estimate of drug-likeness (QED) is 0.800. The van der Waals surface area contributed by atoms with Gasteiger partial charge in [-0.3, -0.25) is 4.98 Å². The van der Waals surface area contributed by atoms with Crippen molar-refractivity contribution in [2.24, 2.45) is 0 Å². The lowest BCUT2D eigenvalue weighted by molar-refractivity contribution is 0.0691. The van der Waals surface area contributed by atoms with Gasteiger partial charge in [0.15, 0.2) is 0 Å². The highest BCUT2D eigenvalue weighted by atomic mass is 19.1. The van der Waals surface area contributed by atoms with Gasteiger partial charge in [0.2, 0.25) is 5.95 Å². The van der Waals surface area contributed by atoms with E-state index >= 15 is 0 Å². The molecule has 0 atom stereocenters. The van der Waals surface area contributed by atoms with Gasteiger partial charge in [-0.2, -0.15) is 9.49 Å². The second-order valence-corrected chi connectivity index (χ2v) is 2.78. The Morgan fingerprint density at radius 2 is 2.27 bits per heavy atom. The molecule has 0 spiro atoms. The van der Waals surface area contributed by atoms with Crippen LogP contribution in [0.25, 0.3) is 5.69 Å². The third-order valence-electron chi connectivity index (χ3n) is 1.83. The van der Waals surface area contributed by atoms with Crippen LogP contribution < -0.4 is 0 Å². The van der Waals surface area contributed by atoms with Crippen molar-refractivity contribution in [3.63, 3.8) is 0 Å². The maximum absolute atomic E-state index is 13.5. The normalized spacial score (nSPS) is 10.2. The molecule has 0 bridgehead atoms. The minimum Gasteiger partial charge on any atom is -0.477 e. The Balaban J connectivity index is 2.52. The molecule has 0 aliphatic rings. The molecule has 0 saturated carbocycles. The highest BCUT2D eigenvalue weighted by Gasteiger charge is 2.17. The monoisotopic (exact) mass is 207 g/mol. The molecule has 0 radical (unpaired) electrons. The Kier molecular flexibility index (Phi) is 2.17. The molecule has 1 N–H and O–H groups in total. The van der Waals surface area contributed by atoms with Gasteiger partial charge in [0, 0.05) is 6.20 Å². The summed E-state index contributed by atoms with van der Waals surface area (Å²) in [6.07, 6.45) is 3.88. The van der Waals surface area contributed by atoms with Crippen LogP contribution in [-0.4, -0.2) is 25.8 Å². The van der Waals surface area contributed by atoms with Crippen LogP contribution in [0, 0.1) is 5.95 Å². The zero-order valence-electron chi connectivity index (χ0n) is 7.46. The maximum Gasteiger partial charge on any atom is 0.342 e. The molecule has 0 aromatic carbocycles. The zero-order chi connectivity index (χ0) is 10.8. The summed E-state index contributed by atoms with van der Waals surface area (Å²) in [4.78, 5) is 14.3. The van der Waals surface area contributed by atoms with Crippen molar-refractivity contribution < 1.29 is 14.3 Å². The molecule has 76 valence electrons. The summed E-state index contributed by atoms with van der Waals surface area (Å²) in [5, 5.41) is 12.2. The maximum atomic E-state index is 13.5. The molecular weight excluding hydrogens is 201 g/mol. The van der Waals surface area contributed by atoms with Crippen molar-refractivity contribution >= 4 is 5.97 Å². The lowest BCUT2D eigenvalue weighted by atomic mass is 10.3. The van der Waals surface area contributed by atoms with E-state index in [9.17, 15) is 9.18 Å². The predicted molar refractivity (Wildman–Crippen MR) is 48.3 cm³/mol. The predicted octanol–water partition coefficient (Wildman–Crippen LogP) is 1.10. The standard InChI is InChI=1S/C9H6FN3O2/c10-8-7(9(14)15)5-12-13(8)6-2-1-3-11-4-6/h1-5H,(H,14,15). The molecular formula is C9H6FN3O2. The van der Waals surface area contributed by atoms with Gasteiger partial charge in [-0.15, -0.1) is 0 Å². The molecule has 0 aliphatic carbocycles. The van der Waals surface area contributed by atoms with Crippen LogP contribution in [0.2, 0.25) is 0 Å². The Morgan fingerprint density at radius 3 is 2.80 bits per heavy atom. The number of hydrogen-bond donors (Lipinski definition) is 1. The van der Waals surface area contributed by atoms with E-state index in [1.807, 2.05) is 0 Å². The van der Waals surface area contributed by atoms with Gasteiger partial charge >= 0.3 is 5.97 Å². The fraction of sp³-hybridized carbons (Fsp3) is 0. The average molecular weight is 207 g/mol. The highest BCUT2D eigenvalue weighted by Crippen LogP contribution is 2.11. The zero-order valence-corrected chi connectivity index (χ0v) is 7.46. The first-order valence-corrected chi connectivity index (χ1v) is 4.07. The van der Waals surface area contributed by atoms with Crippen LogP contribution in [0.4, 0.5) is 4.39 Å². The van der Waals surface area contributed by atoms with Crippen LogP contribution in [0.5, 0.6) is 0 Å². The summed E-state index contributed by atoms with van der Waals surface area (Å²) in [6, 6.07) is 3.19. The van der Waals surface area contributed by atoms with Crippen molar-refractivity contribution in [3.05, 3.63) is 42.2 Å². The van der Waals surface area contributed by atoms with Crippen LogP contribution >= 0.6 is 0 Å². The molecule has 0 unspecified atom stereocenters. The van der Waals surface area contributed by atoms with Crippen LogP contribution in [0.3, 0.4) is 0 Å². The van der Waals surface area contributed by atoms with Crippen LogP contribution in [-0.2, 0) is 0 Å². The molecule has 0 fully saturated rings. The molecule has 2 aromatic rings. The largest absolute Gasteiger partial charge is 0.477 e. The van der Waals surface area contributed by atoms with E-state index in [1.54, 1.807) is 12.1 Å². The number of aromatic nitrogens is 3. The van der Waals surface area contributed by atoms with E-state index in [2.05, 4.69) is 10.1 Å². The van der Waals surface area contributed by atoms with Gasteiger partial charge in [-0.25, -0.2) is 9.48 Å². The summed E-state index contributed by atoms with van der Waals surface area (Å²) in [5.41, 5.74) is -0.0821. The number of nitrogens with zero attached hydrogens (tertiary/aromatic N) is 3. The minimum absolute atomic E-state index is 0.377. The SMILES string of the molecule is O=C(O)c1cnn(-c2cccnc2)c1F. The van der Waals surface area contributed by atoms with Crippen molar-refractivity contribution in [1.29, 1.82) is 0 Å². The Morgan fingerprint density at radius 1 is 1.47 bits per heavy atom. The van der Waals surface area contributed by atoms with Gasteiger partial charge in [-0.05, 0) is 12.1 Å². The third-order valence-corrected chi connectivity index (χ3v) is 1.83. The number of hydrogen-bond acceptors (Lipinski definition) is 3. The van der Waals surface area contributed by atoms with Crippen LogP contribution in [0.15, 0.2) is 30.7 Å². The molecule has 2 heterocycles. The van der Waals surface area contributed by atoms with Crippen molar-refractivity contribution in [2.75, 3.05) is 0 Å². The Bertz CT molecular complexity index is 495. The van der Waals surface area contributed by atoms with Gasteiger partial charge in [0.25, 0.3) is 0 Å². The fourth-order valence-corrected chi connectivity index (χ4v) is 1.14. The van der Waals surface area contributed by atoms with E-state index < -0.39 is 17.5 Å². The van der Waals surface area contributed by atoms with E-state index in [0.29, 0.717) is 5.69 Å². The number of halogens is 1. The minimum atomic E-state index is -1.34. The summed E-state index contributed by atoms with van der Waals surface area (Å²) in [5.74, 6) is -2.25. The van der Waals surface area contributed by atoms with E-state index in [-0.39, 0.29) is 0 Å². The van der Waals surface area contributed by atoms with Crippen LogP contribution in [0.1, 0.15) is 10.4 Å². The lowest BCUT2D eigenvalue weighted by Gasteiger charge is -1.99. The summed E-state index contributed by atoms with van der Waals surface area (Å²) < 4.78 is 14.3. The number of carboxylic acids is 1. The first-order valence-electron chi connectivity index (χ1n) is 4.07. The lowest BCUT2D eigenvalue weighted by Crippen LogP contribution is -2.03. The van der Waals surface area contributed by atoms with E-state index in [1.165, 1.54) is 12.4 Å². The highest BCUT2D eigenvalue weighted by molar-refractivity contribution is 5.87. The average Bonchev–Trinajstić information content (AvgIpc) is 2.61. The first-order chi connectivity index (χ1) is 7.20.